The van der Waals surface area contributed by atoms with E-state index in [4.69, 9.17) is 9.47 Å². The minimum absolute atomic E-state index is 0.188. The van der Waals surface area contributed by atoms with E-state index in [9.17, 15) is 9.59 Å². The quantitative estimate of drug-likeness (QED) is 0.696. The van der Waals surface area contributed by atoms with Crippen molar-refractivity contribution in [1.82, 2.24) is 9.80 Å². The summed E-state index contributed by atoms with van der Waals surface area (Å²) < 4.78 is 10.9. The first-order valence-corrected chi connectivity index (χ1v) is 10.4. The highest BCUT2D eigenvalue weighted by molar-refractivity contribution is 5.68. The molecule has 2 amide bonds. The molecule has 2 aliphatic heterocycles. The molecule has 27 heavy (non-hydrogen) atoms. The van der Waals surface area contributed by atoms with Crippen LogP contribution < -0.4 is 0 Å². The van der Waals surface area contributed by atoms with Crippen molar-refractivity contribution in [1.29, 1.82) is 0 Å². The van der Waals surface area contributed by atoms with Crippen molar-refractivity contribution in [2.45, 2.75) is 84.8 Å². The summed E-state index contributed by atoms with van der Waals surface area (Å²) in [5, 5.41) is 0. The van der Waals surface area contributed by atoms with Gasteiger partial charge in [-0.15, -0.1) is 0 Å². The summed E-state index contributed by atoms with van der Waals surface area (Å²) in [7, 11) is 0. The van der Waals surface area contributed by atoms with Crippen LogP contribution in [0.4, 0.5) is 9.59 Å². The lowest BCUT2D eigenvalue weighted by molar-refractivity contribution is 0.0144. The fourth-order valence-electron chi connectivity index (χ4n) is 3.83. The molecule has 2 saturated heterocycles. The van der Waals surface area contributed by atoms with Gasteiger partial charge in [-0.25, -0.2) is 9.59 Å². The number of hydrogen-bond acceptors (Lipinski definition) is 4. The molecule has 2 rings (SSSR count). The molecule has 0 radical (unpaired) electrons. The Kier molecular flexibility index (Phi) is 7.03. The number of carbonyl (C=O) groups excluding carboxylic acids is 2. The van der Waals surface area contributed by atoms with E-state index >= 15 is 0 Å². The van der Waals surface area contributed by atoms with Crippen LogP contribution in [0.2, 0.25) is 0 Å². The Morgan fingerprint density at radius 2 is 1.00 bits per heavy atom. The average molecular weight is 383 g/mol. The van der Waals surface area contributed by atoms with Gasteiger partial charge in [0.05, 0.1) is 0 Å². The third-order valence-electron chi connectivity index (χ3n) is 5.20. The van der Waals surface area contributed by atoms with Crippen molar-refractivity contribution < 1.29 is 19.1 Å². The Bertz CT molecular complexity index is 459. The Hall–Kier alpha value is -1.46. The highest BCUT2D eigenvalue weighted by Gasteiger charge is 2.31. The smallest absolute Gasteiger partial charge is 0.410 e. The van der Waals surface area contributed by atoms with Crippen molar-refractivity contribution in [3.8, 4) is 0 Å². The van der Waals surface area contributed by atoms with Crippen LogP contribution in [0.25, 0.3) is 0 Å². The third-order valence-corrected chi connectivity index (χ3v) is 5.20. The molecule has 0 spiro atoms. The lowest BCUT2D eigenvalue weighted by atomic mass is 9.83. The molecule has 6 heteroatoms. The molecule has 156 valence electrons. The fraction of sp³-hybridized carbons (Fsp3) is 0.905. The first kappa shape index (κ1) is 21.8. The standard InChI is InChI=1S/C21H38N2O4/c1-20(2,3)26-18(24)22-11-7-16(8-12-22)15-17-9-13-23(14-10-17)19(25)27-21(4,5)6/h16-17H,7-15H2,1-6H3. The zero-order valence-corrected chi connectivity index (χ0v) is 18.0. The summed E-state index contributed by atoms with van der Waals surface area (Å²) in [6.07, 6.45) is 5.01. The molecule has 0 aromatic carbocycles. The lowest BCUT2D eigenvalue weighted by Crippen LogP contribution is -2.43. The largest absolute Gasteiger partial charge is 0.444 e. The molecule has 0 N–H and O–H groups in total. The van der Waals surface area contributed by atoms with Gasteiger partial charge in [0.25, 0.3) is 0 Å². The summed E-state index contributed by atoms with van der Waals surface area (Å²) in [6, 6.07) is 0. The number of carbonyl (C=O) groups is 2. The van der Waals surface area contributed by atoms with Crippen LogP contribution in [0.15, 0.2) is 0 Å². The van der Waals surface area contributed by atoms with Crippen molar-refractivity contribution >= 4 is 12.2 Å². The Morgan fingerprint density at radius 1 is 0.704 bits per heavy atom. The molecule has 2 fully saturated rings. The van der Waals surface area contributed by atoms with Gasteiger partial charge >= 0.3 is 12.2 Å². The molecule has 0 saturated carbocycles. The summed E-state index contributed by atoms with van der Waals surface area (Å²) in [4.78, 5) is 28.0. The second-order valence-corrected chi connectivity index (χ2v) is 10.1. The molecule has 0 bridgehead atoms. The van der Waals surface area contributed by atoms with Crippen LogP contribution in [-0.2, 0) is 9.47 Å². The molecule has 2 aliphatic rings. The summed E-state index contributed by atoms with van der Waals surface area (Å²) in [5.41, 5.74) is -0.869. The maximum Gasteiger partial charge on any atom is 0.410 e. The molecule has 0 aromatic heterocycles. The van der Waals surface area contributed by atoms with E-state index in [-0.39, 0.29) is 12.2 Å². The number of hydrogen-bond donors (Lipinski definition) is 0. The van der Waals surface area contributed by atoms with Gasteiger partial charge in [0.2, 0.25) is 0 Å². The molecular weight excluding hydrogens is 344 g/mol. The number of rotatable bonds is 2. The van der Waals surface area contributed by atoms with Gasteiger partial charge < -0.3 is 19.3 Å². The van der Waals surface area contributed by atoms with Crippen molar-refractivity contribution in [3.63, 3.8) is 0 Å². The fourth-order valence-corrected chi connectivity index (χ4v) is 3.83. The van der Waals surface area contributed by atoms with E-state index in [0.717, 1.165) is 51.9 Å². The van der Waals surface area contributed by atoms with Gasteiger partial charge in [0.15, 0.2) is 0 Å². The van der Waals surface area contributed by atoms with Gasteiger partial charge in [-0.05, 0) is 85.5 Å². The normalized spacial score (nSPS) is 20.5. The number of likely N-dealkylation sites (tertiary alicyclic amines) is 2. The molecular formula is C21H38N2O4. The van der Waals surface area contributed by atoms with Crippen LogP contribution in [0.3, 0.4) is 0 Å². The number of piperidine rings is 2. The topological polar surface area (TPSA) is 59.1 Å². The SMILES string of the molecule is CC(C)(C)OC(=O)N1CCC(CC2CCN(C(=O)OC(C)(C)C)CC2)CC1. The van der Waals surface area contributed by atoms with Gasteiger partial charge in [0, 0.05) is 26.2 Å². The summed E-state index contributed by atoms with van der Waals surface area (Å²) in [5.74, 6) is 1.34. The second kappa shape index (κ2) is 8.70. The van der Waals surface area contributed by atoms with E-state index in [1.807, 2.05) is 51.3 Å². The van der Waals surface area contributed by atoms with Crippen molar-refractivity contribution in [3.05, 3.63) is 0 Å². The molecule has 0 aromatic rings. The maximum absolute atomic E-state index is 12.2. The highest BCUT2D eigenvalue weighted by atomic mass is 16.6. The number of amides is 2. The Labute approximate surface area is 164 Å². The van der Waals surface area contributed by atoms with E-state index in [1.165, 1.54) is 6.42 Å². The molecule has 0 unspecified atom stereocenters. The van der Waals surface area contributed by atoms with Crippen LogP contribution >= 0.6 is 0 Å². The zero-order valence-electron chi connectivity index (χ0n) is 18.0. The van der Waals surface area contributed by atoms with Gasteiger partial charge in [-0.2, -0.15) is 0 Å². The predicted octanol–water partition coefficient (Wildman–Crippen LogP) is 4.67. The lowest BCUT2D eigenvalue weighted by Gasteiger charge is -2.37. The molecule has 0 aliphatic carbocycles. The van der Waals surface area contributed by atoms with E-state index in [2.05, 4.69) is 0 Å². The van der Waals surface area contributed by atoms with Gasteiger partial charge in [-0.1, -0.05) is 0 Å². The van der Waals surface area contributed by atoms with Crippen LogP contribution in [0.5, 0.6) is 0 Å². The minimum atomic E-state index is -0.434. The number of nitrogens with zero attached hydrogens (tertiary/aromatic N) is 2. The average Bonchev–Trinajstić information content (AvgIpc) is 2.53. The third kappa shape index (κ3) is 7.59. The summed E-state index contributed by atoms with van der Waals surface area (Å²) in [6.45, 7) is 14.6. The molecule has 6 nitrogen and oxygen atoms in total. The van der Waals surface area contributed by atoms with Crippen molar-refractivity contribution in [2.75, 3.05) is 26.2 Å². The van der Waals surface area contributed by atoms with Crippen LogP contribution in [0, 0.1) is 11.8 Å². The minimum Gasteiger partial charge on any atom is -0.444 e. The van der Waals surface area contributed by atoms with E-state index in [1.54, 1.807) is 0 Å². The van der Waals surface area contributed by atoms with Gasteiger partial charge in [0.1, 0.15) is 11.2 Å². The van der Waals surface area contributed by atoms with Crippen molar-refractivity contribution in [2.24, 2.45) is 11.8 Å². The molecule has 2 heterocycles. The van der Waals surface area contributed by atoms with Gasteiger partial charge in [-0.3, -0.25) is 0 Å². The van der Waals surface area contributed by atoms with Crippen LogP contribution in [-0.4, -0.2) is 59.4 Å². The Morgan fingerprint density at radius 3 is 1.26 bits per heavy atom. The first-order chi connectivity index (χ1) is 12.4. The second-order valence-electron chi connectivity index (χ2n) is 10.1. The molecule has 0 atom stereocenters. The van der Waals surface area contributed by atoms with E-state index < -0.39 is 11.2 Å². The zero-order chi connectivity index (χ0) is 20.2. The predicted molar refractivity (Wildman–Crippen MR) is 106 cm³/mol. The number of ether oxygens (including phenoxy) is 2. The Balaban J connectivity index is 1.69. The first-order valence-electron chi connectivity index (χ1n) is 10.4. The monoisotopic (exact) mass is 382 g/mol. The maximum atomic E-state index is 12.2. The van der Waals surface area contributed by atoms with Crippen LogP contribution in [0.1, 0.15) is 73.6 Å². The highest BCUT2D eigenvalue weighted by Crippen LogP contribution is 2.30. The summed E-state index contributed by atoms with van der Waals surface area (Å²) >= 11 is 0. The van der Waals surface area contributed by atoms with E-state index in [0.29, 0.717) is 11.8 Å².